The Kier molecular flexibility index (Phi) is 10.7. The van der Waals surface area contributed by atoms with E-state index in [1.165, 1.54) is 12.1 Å². The maximum Gasteiger partial charge on any atom is 0.188 e. The maximum atomic E-state index is 13.1. The van der Waals surface area contributed by atoms with Crippen molar-refractivity contribution in [3.05, 3.63) is 59.4 Å². The second kappa shape index (κ2) is 12.5. The third kappa shape index (κ3) is 7.69. The SMILES string of the molecule is COc1ccc(CCNC(N)=NCC(c2ccc(F)cc2)N(C)C)cc1OC.I. The van der Waals surface area contributed by atoms with Gasteiger partial charge in [-0.2, -0.15) is 0 Å². The van der Waals surface area contributed by atoms with Crippen molar-refractivity contribution in [2.45, 2.75) is 12.5 Å². The van der Waals surface area contributed by atoms with Crippen LogP contribution in [0.15, 0.2) is 47.5 Å². The summed E-state index contributed by atoms with van der Waals surface area (Å²) in [7, 11) is 7.16. The van der Waals surface area contributed by atoms with Crippen molar-refractivity contribution in [2.75, 3.05) is 41.4 Å². The molecule has 1 unspecified atom stereocenters. The van der Waals surface area contributed by atoms with Crippen molar-refractivity contribution in [2.24, 2.45) is 10.7 Å². The summed E-state index contributed by atoms with van der Waals surface area (Å²) >= 11 is 0. The highest BCUT2D eigenvalue weighted by molar-refractivity contribution is 14.0. The lowest BCUT2D eigenvalue weighted by molar-refractivity contribution is 0.306. The molecule has 0 aliphatic carbocycles. The topological polar surface area (TPSA) is 72.1 Å². The fourth-order valence-corrected chi connectivity index (χ4v) is 2.86. The van der Waals surface area contributed by atoms with E-state index < -0.39 is 0 Å². The summed E-state index contributed by atoms with van der Waals surface area (Å²) in [4.78, 5) is 6.48. The minimum absolute atomic E-state index is 0. The molecule has 0 aromatic heterocycles. The van der Waals surface area contributed by atoms with Crippen LogP contribution in [-0.2, 0) is 6.42 Å². The molecule has 2 rings (SSSR count). The Balaban J connectivity index is 0.00000420. The van der Waals surface area contributed by atoms with Gasteiger partial charge >= 0.3 is 0 Å². The predicted octanol–water partition coefficient (Wildman–Crippen LogP) is 3.21. The molecule has 6 nitrogen and oxygen atoms in total. The van der Waals surface area contributed by atoms with Crippen LogP contribution in [0.25, 0.3) is 0 Å². The monoisotopic (exact) mass is 516 g/mol. The molecule has 0 aliphatic heterocycles. The Morgan fingerprint density at radius 1 is 1.10 bits per heavy atom. The number of hydrogen-bond donors (Lipinski definition) is 2. The van der Waals surface area contributed by atoms with Gasteiger partial charge in [0.2, 0.25) is 0 Å². The summed E-state index contributed by atoms with van der Waals surface area (Å²) in [6, 6.07) is 12.3. The summed E-state index contributed by atoms with van der Waals surface area (Å²) in [6.07, 6.45) is 0.769. The average Bonchev–Trinajstić information content (AvgIpc) is 2.69. The van der Waals surface area contributed by atoms with E-state index in [1.54, 1.807) is 26.4 Å². The van der Waals surface area contributed by atoms with E-state index >= 15 is 0 Å². The van der Waals surface area contributed by atoms with E-state index in [0.29, 0.717) is 30.5 Å². The zero-order valence-corrected chi connectivity index (χ0v) is 19.6. The van der Waals surface area contributed by atoms with Crippen LogP contribution in [0.3, 0.4) is 0 Å². The lowest BCUT2D eigenvalue weighted by atomic mass is 10.1. The van der Waals surface area contributed by atoms with Crippen LogP contribution in [0.2, 0.25) is 0 Å². The Hall–Kier alpha value is -2.07. The van der Waals surface area contributed by atoms with Crippen molar-refractivity contribution in [3.8, 4) is 11.5 Å². The van der Waals surface area contributed by atoms with Crippen molar-refractivity contribution >= 4 is 29.9 Å². The first-order chi connectivity index (χ1) is 13.4. The molecule has 0 bridgehead atoms. The van der Waals surface area contributed by atoms with E-state index in [-0.39, 0.29) is 35.8 Å². The number of nitrogens with zero attached hydrogens (tertiary/aromatic N) is 2. The van der Waals surface area contributed by atoms with Gasteiger partial charge in [-0.05, 0) is 55.9 Å². The van der Waals surface area contributed by atoms with Crippen LogP contribution in [0.1, 0.15) is 17.2 Å². The molecule has 0 radical (unpaired) electrons. The lowest BCUT2D eigenvalue weighted by Gasteiger charge is -2.23. The first-order valence-corrected chi connectivity index (χ1v) is 9.11. The largest absolute Gasteiger partial charge is 0.493 e. The minimum atomic E-state index is -0.249. The highest BCUT2D eigenvalue weighted by atomic mass is 127. The molecule has 0 saturated heterocycles. The van der Waals surface area contributed by atoms with Crippen molar-refractivity contribution in [3.63, 3.8) is 0 Å². The van der Waals surface area contributed by atoms with Gasteiger partial charge in [-0.3, -0.25) is 4.99 Å². The second-order valence-corrected chi connectivity index (χ2v) is 6.62. The number of nitrogens with two attached hydrogens (primary N) is 1. The zero-order valence-electron chi connectivity index (χ0n) is 17.3. The number of likely N-dealkylation sites (N-methyl/N-ethyl adjacent to an activating group) is 1. The third-order valence-corrected chi connectivity index (χ3v) is 4.48. The van der Waals surface area contributed by atoms with Gasteiger partial charge in [0.1, 0.15) is 5.82 Å². The molecule has 160 valence electrons. The van der Waals surface area contributed by atoms with Crippen LogP contribution in [-0.4, -0.2) is 52.3 Å². The van der Waals surface area contributed by atoms with Gasteiger partial charge in [0.15, 0.2) is 17.5 Å². The van der Waals surface area contributed by atoms with Crippen molar-refractivity contribution in [1.29, 1.82) is 0 Å². The molecule has 3 N–H and O–H groups in total. The summed E-state index contributed by atoms with van der Waals surface area (Å²) < 4.78 is 23.7. The summed E-state index contributed by atoms with van der Waals surface area (Å²) in [5, 5.41) is 3.13. The standard InChI is InChI=1S/C21H29FN4O2.HI/c1-26(2)18(16-6-8-17(22)9-7-16)14-25-21(23)24-12-11-15-5-10-19(27-3)20(13-15)28-4;/h5-10,13,18H,11-12,14H2,1-4H3,(H3,23,24,25);1H. The predicted molar refractivity (Wildman–Crippen MR) is 126 cm³/mol. The average molecular weight is 516 g/mol. The Morgan fingerprint density at radius 2 is 1.76 bits per heavy atom. The number of hydrogen-bond acceptors (Lipinski definition) is 4. The van der Waals surface area contributed by atoms with Gasteiger partial charge in [-0.15, -0.1) is 24.0 Å². The fraction of sp³-hybridized carbons (Fsp3) is 0.381. The molecule has 0 fully saturated rings. The molecule has 2 aromatic carbocycles. The van der Waals surface area contributed by atoms with E-state index in [0.717, 1.165) is 17.5 Å². The van der Waals surface area contributed by atoms with Crippen LogP contribution in [0, 0.1) is 5.82 Å². The molecular formula is C21H30FIN4O2. The number of ether oxygens (including phenoxy) is 2. The maximum absolute atomic E-state index is 13.1. The van der Waals surface area contributed by atoms with Gasteiger partial charge in [0.05, 0.1) is 26.8 Å². The zero-order chi connectivity index (χ0) is 20.5. The van der Waals surface area contributed by atoms with Crippen LogP contribution in [0.4, 0.5) is 4.39 Å². The fourth-order valence-electron chi connectivity index (χ4n) is 2.86. The number of nitrogens with one attached hydrogen (secondary N) is 1. The van der Waals surface area contributed by atoms with Crippen LogP contribution < -0.4 is 20.5 Å². The smallest absolute Gasteiger partial charge is 0.188 e. The highest BCUT2D eigenvalue weighted by Gasteiger charge is 2.13. The number of rotatable bonds is 9. The van der Waals surface area contributed by atoms with E-state index in [9.17, 15) is 4.39 Å². The number of guanidine groups is 1. The van der Waals surface area contributed by atoms with Gasteiger partial charge in [0, 0.05) is 6.54 Å². The molecule has 8 heteroatoms. The van der Waals surface area contributed by atoms with Gasteiger partial charge in [0.25, 0.3) is 0 Å². The molecule has 1 atom stereocenters. The quantitative estimate of drug-likeness (QED) is 0.305. The molecule has 0 aliphatic rings. The molecule has 2 aromatic rings. The van der Waals surface area contributed by atoms with Gasteiger partial charge in [-0.25, -0.2) is 4.39 Å². The van der Waals surface area contributed by atoms with E-state index in [4.69, 9.17) is 15.2 Å². The van der Waals surface area contributed by atoms with E-state index in [2.05, 4.69) is 10.3 Å². The molecule has 29 heavy (non-hydrogen) atoms. The first-order valence-electron chi connectivity index (χ1n) is 9.11. The normalized spacial score (nSPS) is 12.3. The van der Waals surface area contributed by atoms with Gasteiger partial charge < -0.3 is 25.4 Å². The van der Waals surface area contributed by atoms with Gasteiger partial charge in [-0.1, -0.05) is 18.2 Å². The lowest BCUT2D eigenvalue weighted by Crippen LogP contribution is -2.34. The number of methoxy groups -OCH3 is 2. The number of halogens is 2. The molecule has 0 saturated carbocycles. The third-order valence-electron chi connectivity index (χ3n) is 4.48. The van der Waals surface area contributed by atoms with E-state index in [1.807, 2.05) is 37.2 Å². The molecule has 0 spiro atoms. The molecular weight excluding hydrogens is 486 g/mol. The summed E-state index contributed by atoms with van der Waals surface area (Å²) in [5.41, 5.74) is 8.11. The second-order valence-electron chi connectivity index (χ2n) is 6.62. The number of benzene rings is 2. The van der Waals surface area contributed by atoms with Crippen molar-refractivity contribution < 1.29 is 13.9 Å². The van der Waals surface area contributed by atoms with Crippen molar-refractivity contribution in [1.82, 2.24) is 10.2 Å². The van der Waals surface area contributed by atoms with Crippen LogP contribution in [0.5, 0.6) is 11.5 Å². The molecule has 0 heterocycles. The Morgan fingerprint density at radius 3 is 2.34 bits per heavy atom. The van der Waals surface area contributed by atoms with Crippen LogP contribution >= 0.6 is 24.0 Å². The minimum Gasteiger partial charge on any atom is -0.493 e. The molecule has 0 amide bonds. The summed E-state index contributed by atoms with van der Waals surface area (Å²) in [6.45, 7) is 1.13. The highest BCUT2D eigenvalue weighted by Crippen LogP contribution is 2.27. The summed E-state index contributed by atoms with van der Waals surface area (Å²) in [5.74, 6) is 1.54. The number of aliphatic imine (C=N–C) groups is 1. The first kappa shape index (κ1) is 25.0. The Bertz CT molecular complexity index is 785. The Labute approximate surface area is 189 Å².